The molecule has 7 nitrogen and oxygen atoms in total. The van der Waals surface area contributed by atoms with Crippen molar-refractivity contribution in [3.63, 3.8) is 0 Å². The summed E-state index contributed by atoms with van der Waals surface area (Å²) in [5.74, 6) is 3.87. The second kappa shape index (κ2) is 9.21. The number of ether oxygens (including phenoxy) is 1. The summed E-state index contributed by atoms with van der Waals surface area (Å²) in [7, 11) is 0. The van der Waals surface area contributed by atoms with E-state index in [2.05, 4.69) is 44.7 Å². The van der Waals surface area contributed by atoms with Crippen molar-refractivity contribution in [2.24, 2.45) is 0 Å². The van der Waals surface area contributed by atoms with Gasteiger partial charge in [-0.15, -0.1) is 11.5 Å². The molecule has 2 aliphatic heterocycles. The van der Waals surface area contributed by atoms with Crippen LogP contribution in [-0.2, 0) is 4.74 Å². The molecule has 158 valence electrons. The Kier molecular flexibility index (Phi) is 6.89. The summed E-state index contributed by atoms with van der Waals surface area (Å²) >= 11 is 5.98. The molecule has 3 heterocycles. The van der Waals surface area contributed by atoms with Gasteiger partial charge in [0.1, 0.15) is 0 Å². The molecule has 0 spiro atoms. The lowest BCUT2D eigenvalue weighted by atomic mass is 9.86. The quantitative estimate of drug-likeness (QED) is 0.565. The third kappa shape index (κ3) is 5.33. The fourth-order valence-corrected chi connectivity index (χ4v) is 4.33. The Morgan fingerprint density at radius 2 is 2.10 bits per heavy atom. The number of nitrogens with one attached hydrogen (secondary N) is 1. The fourth-order valence-electron chi connectivity index (χ4n) is 4.27. The van der Waals surface area contributed by atoms with E-state index in [-0.39, 0.29) is 11.6 Å². The number of H-pyrrole nitrogens is 1. The van der Waals surface area contributed by atoms with Crippen molar-refractivity contribution in [2.75, 3.05) is 36.9 Å². The highest BCUT2D eigenvalue weighted by atomic mass is 35.5. The number of hydrogen-bond acceptors (Lipinski definition) is 6. The SMILES string of the molecule is C#C/C(=C\C=C(/C)Cl)CC1N(C2CCN(c3n[nH]c(N)n3)CC2)CCOC1(C)C. The van der Waals surface area contributed by atoms with Crippen LogP contribution in [0.15, 0.2) is 22.8 Å². The Morgan fingerprint density at radius 3 is 2.69 bits per heavy atom. The number of anilines is 2. The Morgan fingerprint density at radius 1 is 1.38 bits per heavy atom. The first-order chi connectivity index (χ1) is 13.8. The van der Waals surface area contributed by atoms with Crippen molar-refractivity contribution in [2.45, 2.75) is 57.7 Å². The lowest BCUT2D eigenvalue weighted by Gasteiger charge is -2.51. The van der Waals surface area contributed by atoms with Crippen LogP contribution in [0.3, 0.4) is 0 Å². The summed E-state index contributed by atoms with van der Waals surface area (Å²) in [5.41, 5.74) is 6.33. The van der Waals surface area contributed by atoms with Crippen molar-refractivity contribution >= 4 is 23.5 Å². The molecule has 1 aromatic heterocycles. The molecule has 1 aromatic rings. The molecule has 0 amide bonds. The molecule has 0 aromatic carbocycles. The zero-order valence-corrected chi connectivity index (χ0v) is 18.2. The van der Waals surface area contributed by atoms with E-state index in [0.29, 0.717) is 23.0 Å². The van der Waals surface area contributed by atoms with Crippen LogP contribution in [0.25, 0.3) is 0 Å². The molecule has 3 rings (SSSR count). The zero-order chi connectivity index (χ0) is 21.0. The first-order valence-corrected chi connectivity index (χ1v) is 10.5. The predicted octanol–water partition coefficient (Wildman–Crippen LogP) is 2.93. The molecule has 0 saturated carbocycles. The number of aromatic nitrogens is 3. The standard InChI is InChI=1S/C21H31ClN6O/c1-5-16(7-6-15(2)22)14-18-21(3,4)29-13-12-28(18)17-8-10-27(11-9-17)20-24-19(23)25-26-20/h1,6-7,17-18H,8-14H2,2-4H3,(H3,23,24,25,26)/b15-6+,16-7+. The summed E-state index contributed by atoms with van der Waals surface area (Å²) in [4.78, 5) is 9.03. The minimum absolute atomic E-state index is 0.207. The number of halogens is 1. The van der Waals surface area contributed by atoms with Gasteiger partial charge in [0.15, 0.2) is 0 Å². The highest BCUT2D eigenvalue weighted by Gasteiger charge is 2.42. The minimum Gasteiger partial charge on any atom is -0.373 e. The molecule has 1 atom stereocenters. The molecule has 1 unspecified atom stereocenters. The van der Waals surface area contributed by atoms with Crippen molar-refractivity contribution < 1.29 is 4.74 Å². The largest absolute Gasteiger partial charge is 0.373 e. The van der Waals surface area contributed by atoms with E-state index in [1.165, 1.54) is 0 Å². The molecule has 29 heavy (non-hydrogen) atoms. The Balaban J connectivity index is 1.72. The van der Waals surface area contributed by atoms with Crippen LogP contribution in [0.1, 0.15) is 40.0 Å². The Labute approximate surface area is 178 Å². The molecule has 2 saturated heterocycles. The van der Waals surface area contributed by atoms with Crippen LogP contribution in [0.2, 0.25) is 0 Å². The molecular formula is C21H31ClN6O. The Hall–Kier alpha value is -2.01. The molecule has 2 aliphatic rings. The number of hydrogen-bond donors (Lipinski definition) is 2. The van der Waals surface area contributed by atoms with Gasteiger partial charge >= 0.3 is 0 Å². The molecule has 2 fully saturated rings. The first kappa shape index (κ1) is 21.7. The van der Waals surface area contributed by atoms with Gasteiger partial charge in [-0.25, -0.2) is 5.10 Å². The minimum atomic E-state index is -0.275. The van der Waals surface area contributed by atoms with E-state index in [1.54, 1.807) is 0 Å². The summed E-state index contributed by atoms with van der Waals surface area (Å²) in [6.07, 6.45) is 12.4. The van der Waals surface area contributed by atoms with Crippen molar-refractivity contribution in [1.29, 1.82) is 0 Å². The van der Waals surface area contributed by atoms with Crippen LogP contribution in [-0.4, -0.2) is 64.0 Å². The molecule has 8 heteroatoms. The molecule has 3 N–H and O–H groups in total. The van der Waals surface area contributed by atoms with E-state index in [0.717, 1.165) is 51.1 Å². The molecule has 0 aliphatic carbocycles. The second-order valence-electron chi connectivity index (χ2n) is 8.24. The molecular weight excluding hydrogens is 388 g/mol. The summed E-state index contributed by atoms with van der Waals surface area (Å²) < 4.78 is 6.14. The summed E-state index contributed by atoms with van der Waals surface area (Å²) in [6.45, 7) is 9.61. The lowest BCUT2D eigenvalue weighted by molar-refractivity contribution is -0.140. The molecule has 0 bridgehead atoms. The predicted molar refractivity (Wildman–Crippen MR) is 118 cm³/mol. The first-order valence-electron chi connectivity index (χ1n) is 10.1. The normalized spacial score (nSPS) is 24.5. The van der Waals surface area contributed by atoms with Crippen molar-refractivity contribution in [3.8, 4) is 12.3 Å². The number of piperidine rings is 1. The van der Waals surface area contributed by atoms with E-state index in [9.17, 15) is 0 Å². The topological polar surface area (TPSA) is 83.3 Å². The van der Waals surface area contributed by atoms with Crippen LogP contribution in [0.5, 0.6) is 0 Å². The highest BCUT2D eigenvalue weighted by Crippen LogP contribution is 2.33. The summed E-state index contributed by atoms with van der Waals surface area (Å²) in [6, 6.07) is 0.679. The van der Waals surface area contributed by atoms with Gasteiger partial charge in [-0.2, -0.15) is 4.98 Å². The van der Waals surface area contributed by atoms with Crippen LogP contribution in [0.4, 0.5) is 11.9 Å². The Bertz CT molecular complexity index is 796. The van der Waals surface area contributed by atoms with Gasteiger partial charge in [0.05, 0.1) is 12.2 Å². The third-order valence-corrected chi connectivity index (χ3v) is 5.97. The number of terminal acetylenes is 1. The second-order valence-corrected chi connectivity index (χ2v) is 8.83. The van der Waals surface area contributed by atoms with Gasteiger partial charge in [-0.05, 0) is 52.2 Å². The van der Waals surface area contributed by atoms with Gasteiger partial charge in [0.2, 0.25) is 11.9 Å². The number of nitrogens with two attached hydrogens (primary N) is 1. The number of allylic oxidation sites excluding steroid dienone is 3. The third-order valence-electron chi connectivity index (χ3n) is 5.85. The average Bonchev–Trinajstić information content (AvgIpc) is 3.12. The van der Waals surface area contributed by atoms with Crippen molar-refractivity contribution in [1.82, 2.24) is 20.1 Å². The van der Waals surface area contributed by atoms with E-state index >= 15 is 0 Å². The highest BCUT2D eigenvalue weighted by molar-refractivity contribution is 6.29. The maximum atomic E-state index is 6.14. The van der Waals surface area contributed by atoms with E-state index < -0.39 is 0 Å². The number of aromatic amines is 1. The summed E-state index contributed by atoms with van der Waals surface area (Å²) in [5, 5.41) is 7.62. The smallest absolute Gasteiger partial charge is 0.246 e. The number of rotatable bonds is 5. The number of nitrogens with zero attached hydrogens (tertiary/aromatic N) is 4. The monoisotopic (exact) mass is 418 g/mol. The van der Waals surface area contributed by atoms with E-state index in [4.69, 9.17) is 28.5 Å². The fraction of sp³-hybridized carbons (Fsp3) is 0.619. The van der Waals surface area contributed by atoms with Gasteiger partial charge in [0, 0.05) is 42.3 Å². The number of nitrogen functional groups attached to an aromatic ring is 1. The van der Waals surface area contributed by atoms with Crippen LogP contribution >= 0.6 is 11.6 Å². The number of morpholine rings is 1. The van der Waals surface area contributed by atoms with Gasteiger partial charge in [-0.3, -0.25) is 4.90 Å². The maximum absolute atomic E-state index is 6.14. The van der Waals surface area contributed by atoms with E-state index in [1.807, 2.05) is 19.1 Å². The zero-order valence-electron chi connectivity index (χ0n) is 17.5. The van der Waals surface area contributed by atoms with Gasteiger partial charge in [-0.1, -0.05) is 17.5 Å². The van der Waals surface area contributed by atoms with Crippen molar-refractivity contribution in [3.05, 3.63) is 22.8 Å². The molecule has 0 radical (unpaired) electrons. The lowest BCUT2D eigenvalue weighted by Crippen LogP contribution is -2.61. The maximum Gasteiger partial charge on any atom is 0.246 e. The van der Waals surface area contributed by atoms with Gasteiger partial charge in [0.25, 0.3) is 0 Å². The average molecular weight is 419 g/mol. The van der Waals surface area contributed by atoms with Crippen LogP contribution in [0, 0.1) is 12.3 Å². The van der Waals surface area contributed by atoms with Crippen LogP contribution < -0.4 is 10.6 Å². The van der Waals surface area contributed by atoms with Gasteiger partial charge < -0.3 is 15.4 Å².